The van der Waals surface area contributed by atoms with Crippen LogP contribution in [0.4, 0.5) is 0 Å². The van der Waals surface area contributed by atoms with Crippen molar-refractivity contribution in [3.63, 3.8) is 0 Å². The molecule has 6 rings (SSSR count). The molecule has 0 fully saturated rings. The third-order valence-electron chi connectivity index (χ3n) is 6.75. The topological polar surface area (TPSA) is 8.17 Å². The first kappa shape index (κ1) is 22.2. The van der Waals surface area contributed by atoms with Crippen molar-refractivity contribution in [3.05, 3.63) is 148 Å². The van der Waals surface area contributed by atoms with Crippen LogP contribution in [0, 0.1) is 0 Å². The molecule has 0 saturated heterocycles. The van der Waals surface area contributed by atoms with Crippen LogP contribution in [0.5, 0.6) is 0 Å². The first-order valence-corrected chi connectivity index (χ1v) is 12.9. The zero-order chi connectivity index (χ0) is 23.8. The van der Waals surface area contributed by atoms with E-state index in [1.807, 2.05) is 12.1 Å². The van der Waals surface area contributed by atoms with E-state index in [2.05, 4.69) is 135 Å². The predicted molar refractivity (Wildman–Crippen MR) is 150 cm³/mol. The summed E-state index contributed by atoms with van der Waals surface area (Å²) in [5.41, 5.74) is 7.15. The Balaban J connectivity index is 1.63. The maximum absolute atomic E-state index is 6.90. The molecule has 1 aliphatic heterocycles. The van der Waals surface area contributed by atoms with Crippen LogP contribution in [0.3, 0.4) is 0 Å². The molecule has 1 aromatic heterocycles. The van der Waals surface area contributed by atoms with E-state index in [1.54, 1.807) is 0 Å². The normalized spacial score (nSPS) is 17.0. The largest absolute Gasteiger partial charge is 0.349 e. The van der Waals surface area contributed by atoms with Crippen LogP contribution in [0.25, 0.3) is 17.0 Å². The van der Waals surface area contributed by atoms with Gasteiger partial charge in [-0.15, -0.1) is 0 Å². The molecule has 0 aliphatic carbocycles. The minimum Gasteiger partial charge on any atom is -0.349 e. The Hall–Kier alpha value is -3.27. The standard InChI is InChI=1S/C31H24BrClN2/c32-31(27-16-8-9-17-28(27)33)30-26(19-20-34(31)21-23-11-3-1-4-12-23)25-15-7-10-18-29(25)35(30)22-24-13-5-2-6-14-24/h1-20H,21-22H2. The molecule has 0 N–H and O–H groups in total. The Morgan fingerprint density at radius 3 is 2.00 bits per heavy atom. The van der Waals surface area contributed by atoms with E-state index in [4.69, 9.17) is 11.6 Å². The Bertz CT molecular complexity index is 1520. The average Bonchev–Trinajstić information content (AvgIpc) is 3.22. The first-order chi connectivity index (χ1) is 17.2. The second-order valence-electron chi connectivity index (χ2n) is 8.88. The fourth-order valence-corrected chi connectivity index (χ4v) is 6.55. The van der Waals surface area contributed by atoms with Gasteiger partial charge >= 0.3 is 0 Å². The van der Waals surface area contributed by atoms with Crippen molar-refractivity contribution in [2.75, 3.05) is 0 Å². The Labute approximate surface area is 219 Å². The molecule has 1 aliphatic rings. The summed E-state index contributed by atoms with van der Waals surface area (Å²) in [7, 11) is 0. The smallest absolute Gasteiger partial charge is 0.164 e. The molecule has 2 nitrogen and oxygen atoms in total. The summed E-state index contributed by atoms with van der Waals surface area (Å²) < 4.78 is 1.79. The molecule has 0 bridgehead atoms. The number of alkyl halides is 1. The number of para-hydroxylation sites is 1. The van der Waals surface area contributed by atoms with Crippen LogP contribution >= 0.6 is 27.5 Å². The molecule has 0 saturated carbocycles. The molecule has 1 unspecified atom stereocenters. The van der Waals surface area contributed by atoms with Gasteiger partial charge in [0.25, 0.3) is 0 Å². The Kier molecular flexibility index (Phi) is 5.75. The van der Waals surface area contributed by atoms with Gasteiger partial charge in [0.15, 0.2) is 4.45 Å². The summed E-state index contributed by atoms with van der Waals surface area (Å²) in [6.45, 7) is 1.50. The van der Waals surface area contributed by atoms with Gasteiger partial charge in [-0.05, 0) is 45.3 Å². The van der Waals surface area contributed by atoms with Gasteiger partial charge < -0.3 is 9.47 Å². The van der Waals surface area contributed by atoms with E-state index in [0.717, 1.165) is 23.7 Å². The summed E-state index contributed by atoms with van der Waals surface area (Å²) in [4.78, 5) is 2.35. The second-order valence-corrected chi connectivity index (χ2v) is 10.4. The number of benzene rings is 4. The van der Waals surface area contributed by atoms with Crippen molar-refractivity contribution in [2.24, 2.45) is 0 Å². The van der Waals surface area contributed by atoms with Crippen LogP contribution < -0.4 is 0 Å². The van der Waals surface area contributed by atoms with Crippen molar-refractivity contribution in [1.82, 2.24) is 9.47 Å². The summed E-state index contributed by atoms with van der Waals surface area (Å²) in [6.07, 6.45) is 4.45. The van der Waals surface area contributed by atoms with Crippen molar-refractivity contribution >= 4 is 44.5 Å². The molecule has 2 heterocycles. The molecule has 0 radical (unpaired) electrons. The number of hydrogen-bond acceptors (Lipinski definition) is 1. The van der Waals surface area contributed by atoms with Gasteiger partial charge in [-0.25, -0.2) is 0 Å². The molecule has 172 valence electrons. The lowest BCUT2D eigenvalue weighted by Gasteiger charge is -2.43. The van der Waals surface area contributed by atoms with Gasteiger partial charge in [-0.3, -0.25) is 0 Å². The zero-order valence-electron chi connectivity index (χ0n) is 19.1. The van der Waals surface area contributed by atoms with Crippen LogP contribution in [0.1, 0.15) is 27.9 Å². The Morgan fingerprint density at radius 2 is 1.29 bits per heavy atom. The van der Waals surface area contributed by atoms with E-state index < -0.39 is 4.45 Å². The highest BCUT2D eigenvalue weighted by Gasteiger charge is 2.45. The van der Waals surface area contributed by atoms with Crippen molar-refractivity contribution in [1.29, 1.82) is 0 Å². The molecular formula is C31H24BrClN2. The van der Waals surface area contributed by atoms with Crippen LogP contribution in [0.2, 0.25) is 5.02 Å². The molecule has 4 heteroatoms. The van der Waals surface area contributed by atoms with Crippen molar-refractivity contribution in [3.8, 4) is 0 Å². The number of fused-ring (bicyclic) bond motifs is 3. The third-order valence-corrected chi connectivity index (χ3v) is 8.34. The highest BCUT2D eigenvalue weighted by atomic mass is 79.9. The lowest BCUT2D eigenvalue weighted by molar-refractivity contribution is 0.270. The minimum absolute atomic E-state index is 0.654. The number of aromatic nitrogens is 1. The number of hydrogen-bond donors (Lipinski definition) is 0. The van der Waals surface area contributed by atoms with Gasteiger partial charge in [0, 0.05) is 46.3 Å². The number of halogens is 2. The maximum atomic E-state index is 6.90. The van der Waals surface area contributed by atoms with Crippen LogP contribution in [-0.4, -0.2) is 9.47 Å². The molecule has 1 atom stereocenters. The van der Waals surface area contributed by atoms with Crippen molar-refractivity contribution in [2.45, 2.75) is 17.5 Å². The van der Waals surface area contributed by atoms with E-state index in [0.29, 0.717) is 0 Å². The SMILES string of the molecule is Clc1ccccc1C1(Br)c2c(c3ccccc3n2Cc2ccccc2)C=CN1Cc1ccccc1. The van der Waals surface area contributed by atoms with E-state index in [-0.39, 0.29) is 0 Å². The lowest BCUT2D eigenvalue weighted by Crippen LogP contribution is -2.42. The molecule has 4 aromatic carbocycles. The summed E-state index contributed by atoms with van der Waals surface area (Å²) in [5, 5.41) is 1.98. The zero-order valence-corrected chi connectivity index (χ0v) is 21.5. The summed E-state index contributed by atoms with van der Waals surface area (Å²) >= 11 is 11.2. The number of rotatable bonds is 5. The van der Waals surface area contributed by atoms with E-state index in [9.17, 15) is 0 Å². The highest BCUT2D eigenvalue weighted by molar-refractivity contribution is 9.09. The van der Waals surface area contributed by atoms with Crippen LogP contribution in [0.15, 0.2) is 115 Å². The lowest BCUT2D eigenvalue weighted by atomic mass is 9.94. The van der Waals surface area contributed by atoms with Gasteiger partial charge in [-0.2, -0.15) is 0 Å². The fourth-order valence-electron chi connectivity index (χ4n) is 5.14. The molecule has 35 heavy (non-hydrogen) atoms. The molecular weight excluding hydrogens is 516 g/mol. The molecule has 5 aromatic rings. The molecule has 0 spiro atoms. The fraction of sp³-hybridized carbons (Fsp3) is 0.0968. The summed E-state index contributed by atoms with van der Waals surface area (Å²) in [5.74, 6) is 0. The van der Waals surface area contributed by atoms with Gasteiger partial charge in [0.05, 0.1) is 5.69 Å². The third kappa shape index (κ3) is 3.80. The molecule has 0 amide bonds. The van der Waals surface area contributed by atoms with E-state index >= 15 is 0 Å². The van der Waals surface area contributed by atoms with Gasteiger partial charge in [0.1, 0.15) is 0 Å². The van der Waals surface area contributed by atoms with E-state index in [1.165, 1.54) is 33.3 Å². The maximum Gasteiger partial charge on any atom is 0.164 e. The van der Waals surface area contributed by atoms with Crippen LogP contribution in [-0.2, 0) is 17.5 Å². The Morgan fingerprint density at radius 1 is 0.686 bits per heavy atom. The van der Waals surface area contributed by atoms with Gasteiger partial charge in [-0.1, -0.05) is 109 Å². The van der Waals surface area contributed by atoms with Gasteiger partial charge in [0.2, 0.25) is 0 Å². The second kappa shape index (κ2) is 9.07. The monoisotopic (exact) mass is 538 g/mol. The highest BCUT2D eigenvalue weighted by Crippen LogP contribution is 2.51. The van der Waals surface area contributed by atoms with Crippen molar-refractivity contribution < 1.29 is 0 Å². The average molecular weight is 540 g/mol. The first-order valence-electron chi connectivity index (χ1n) is 11.7. The quantitative estimate of drug-likeness (QED) is 0.161. The number of nitrogens with zero attached hydrogens (tertiary/aromatic N) is 2. The predicted octanol–water partition coefficient (Wildman–Crippen LogP) is 8.43. The minimum atomic E-state index is -0.654. The summed E-state index contributed by atoms with van der Waals surface area (Å²) in [6, 6.07) is 38.0.